The van der Waals surface area contributed by atoms with E-state index < -0.39 is 16.0 Å². The highest BCUT2D eigenvalue weighted by Crippen LogP contribution is 2.16. The maximum absolute atomic E-state index is 12.1. The minimum Gasteiger partial charge on any atom is -0.481 e. The van der Waals surface area contributed by atoms with Gasteiger partial charge >= 0.3 is 5.97 Å². The number of carboxylic acids is 1. The number of rotatable bonds is 10. The number of carbonyl (C=O) groups is 2. The molecule has 0 aliphatic rings. The van der Waals surface area contributed by atoms with Gasteiger partial charge in [-0.1, -0.05) is 25.0 Å². The molecule has 0 unspecified atom stereocenters. The lowest BCUT2D eigenvalue weighted by molar-refractivity contribution is -0.137. The van der Waals surface area contributed by atoms with Gasteiger partial charge in [0.05, 0.1) is 17.5 Å². The Bertz CT molecular complexity index is 643. The van der Waals surface area contributed by atoms with E-state index >= 15 is 0 Å². The highest BCUT2D eigenvalue weighted by atomic mass is 32.2. The third-order valence-corrected chi connectivity index (χ3v) is 3.66. The Kier molecular flexibility index (Phi) is 7.53. The summed E-state index contributed by atoms with van der Waals surface area (Å²) in [5.41, 5.74) is 0.512. The number of amides is 1. The van der Waals surface area contributed by atoms with Crippen molar-refractivity contribution in [1.82, 2.24) is 5.32 Å². The predicted octanol–water partition coefficient (Wildman–Crippen LogP) is 1.82. The lowest BCUT2D eigenvalue weighted by Gasteiger charge is -2.11. The number of hydrogen-bond acceptors (Lipinski definition) is 4. The molecule has 1 aromatic carbocycles. The molecule has 0 atom stereocenters. The van der Waals surface area contributed by atoms with Crippen LogP contribution in [0.15, 0.2) is 24.3 Å². The molecule has 0 fully saturated rings. The SMILES string of the molecule is CS(=O)(=O)Nc1ccccc1C(=O)NCCCCCCC(=O)O. The molecule has 23 heavy (non-hydrogen) atoms. The van der Waals surface area contributed by atoms with Gasteiger partial charge in [-0.3, -0.25) is 14.3 Å². The zero-order valence-corrected chi connectivity index (χ0v) is 13.9. The number of nitrogens with one attached hydrogen (secondary N) is 2. The van der Waals surface area contributed by atoms with E-state index in [4.69, 9.17) is 5.11 Å². The van der Waals surface area contributed by atoms with Gasteiger partial charge in [-0.2, -0.15) is 0 Å². The fraction of sp³-hybridized carbons (Fsp3) is 0.467. The van der Waals surface area contributed by atoms with Gasteiger partial charge in [0.15, 0.2) is 0 Å². The first-order valence-corrected chi connectivity index (χ1v) is 9.25. The van der Waals surface area contributed by atoms with Gasteiger partial charge in [0.25, 0.3) is 5.91 Å². The van der Waals surface area contributed by atoms with Crippen LogP contribution in [0.2, 0.25) is 0 Å². The van der Waals surface area contributed by atoms with Crippen LogP contribution in [0.25, 0.3) is 0 Å². The van der Waals surface area contributed by atoms with E-state index in [0.717, 1.165) is 25.5 Å². The summed E-state index contributed by atoms with van der Waals surface area (Å²) in [5.74, 6) is -1.14. The highest BCUT2D eigenvalue weighted by Gasteiger charge is 2.12. The van der Waals surface area contributed by atoms with E-state index in [1.165, 1.54) is 6.07 Å². The molecule has 7 nitrogen and oxygen atoms in total. The molecular weight excluding hydrogens is 320 g/mol. The molecule has 0 aliphatic heterocycles. The smallest absolute Gasteiger partial charge is 0.303 e. The first kappa shape index (κ1) is 19.0. The summed E-state index contributed by atoms with van der Waals surface area (Å²) in [6.07, 6.45) is 4.19. The number of para-hydroxylation sites is 1. The van der Waals surface area contributed by atoms with Crippen molar-refractivity contribution in [1.29, 1.82) is 0 Å². The number of aliphatic carboxylic acids is 1. The zero-order valence-electron chi connectivity index (χ0n) is 13.0. The van der Waals surface area contributed by atoms with E-state index in [2.05, 4.69) is 10.0 Å². The maximum Gasteiger partial charge on any atom is 0.303 e. The van der Waals surface area contributed by atoms with Crippen LogP contribution in [-0.4, -0.2) is 38.2 Å². The summed E-state index contributed by atoms with van der Waals surface area (Å²) in [6, 6.07) is 6.39. The molecule has 3 N–H and O–H groups in total. The molecule has 0 saturated carbocycles. The second-order valence-corrected chi connectivity index (χ2v) is 6.98. The van der Waals surface area contributed by atoms with E-state index in [1.807, 2.05) is 0 Å². The summed E-state index contributed by atoms with van der Waals surface area (Å²) in [4.78, 5) is 22.5. The van der Waals surface area contributed by atoms with Crippen LogP contribution >= 0.6 is 0 Å². The van der Waals surface area contributed by atoms with Gasteiger partial charge in [-0.05, 0) is 25.0 Å². The Morgan fingerprint density at radius 3 is 2.39 bits per heavy atom. The van der Waals surface area contributed by atoms with Crippen molar-refractivity contribution in [3.8, 4) is 0 Å². The fourth-order valence-electron chi connectivity index (χ4n) is 2.02. The Morgan fingerprint density at radius 2 is 1.74 bits per heavy atom. The van der Waals surface area contributed by atoms with Gasteiger partial charge < -0.3 is 10.4 Å². The van der Waals surface area contributed by atoms with Crippen molar-refractivity contribution >= 4 is 27.6 Å². The number of carboxylic acid groups (broad SMARTS) is 1. The average molecular weight is 342 g/mol. The molecule has 1 rings (SSSR count). The average Bonchev–Trinajstić information content (AvgIpc) is 2.44. The Hall–Kier alpha value is -2.09. The van der Waals surface area contributed by atoms with Crippen LogP contribution in [0.5, 0.6) is 0 Å². The normalized spacial score (nSPS) is 11.0. The number of carbonyl (C=O) groups excluding carboxylic acids is 1. The number of hydrogen-bond donors (Lipinski definition) is 3. The first-order valence-electron chi connectivity index (χ1n) is 7.36. The lowest BCUT2D eigenvalue weighted by atomic mass is 10.1. The van der Waals surface area contributed by atoms with Crippen molar-refractivity contribution < 1.29 is 23.1 Å². The molecule has 0 saturated heterocycles. The van der Waals surface area contributed by atoms with Gasteiger partial charge in [0.1, 0.15) is 0 Å². The molecule has 0 aromatic heterocycles. The molecule has 128 valence electrons. The lowest BCUT2D eigenvalue weighted by Crippen LogP contribution is -2.26. The minimum atomic E-state index is -3.45. The topological polar surface area (TPSA) is 113 Å². The molecule has 0 radical (unpaired) electrons. The fourth-order valence-corrected chi connectivity index (χ4v) is 2.60. The Morgan fingerprint density at radius 1 is 1.09 bits per heavy atom. The highest BCUT2D eigenvalue weighted by molar-refractivity contribution is 7.92. The van der Waals surface area contributed by atoms with Crippen molar-refractivity contribution in [2.45, 2.75) is 32.1 Å². The van der Waals surface area contributed by atoms with Crippen LogP contribution in [0.3, 0.4) is 0 Å². The first-order chi connectivity index (χ1) is 10.8. The largest absolute Gasteiger partial charge is 0.481 e. The number of sulfonamides is 1. The third-order valence-electron chi connectivity index (χ3n) is 3.07. The van der Waals surface area contributed by atoms with E-state index in [9.17, 15) is 18.0 Å². The van der Waals surface area contributed by atoms with Crippen molar-refractivity contribution in [2.75, 3.05) is 17.5 Å². The third kappa shape index (κ3) is 8.20. The maximum atomic E-state index is 12.1. The Balaban J connectivity index is 2.42. The second kappa shape index (κ2) is 9.14. The summed E-state index contributed by atoms with van der Waals surface area (Å²) in [7, 11) is -3.45. The van der Waals surface area contributed by atoms with E-state index in [1.54, 1.807) is 18.2 Å². The summed E-state index contributed by atoms with van der Waals surface area (Å²) in [5, 5.41) is 11.3. The molecule has 0 spiro atoms. The van der Waals surface area contributed by atoms with Crippen molar-refractivity contribution in [3.05, 3.63) is 29.8 Å². The zero-order chi connectivity index (χ0) is 17.3. The number of benzene rings is 1. The molecule has 8 heteroatoms. The predicted molar refractivity (Wildman–Crippen MR) is 88.0 cm³/mol. The molecule has 1 aromatic rings. The summed E-state index contributed by atoms with van der Waals surface area (Å²) < 4.78 is 24.9. The quantitative estimate of drug-likeness (QED) is 0.561. The van der Waals surface area contributed by atoms with Crippen molar-refractivity contribution in [2.24, 2.45) is 0 Å². The Labute approximate surface area is 136 Å². The van der Waals surface area contributed by atoms with Crippen LogP contribution in [-0.2, 0) is 14.8 Å². The molecule has 0 heterocycles. The summed E-state index contributed by atoms with van der Waals surface area (Å²) in [6.45, 7) is 0.457. The molecule has 0 bridgehead atoms. The summed E-state index contributed by atoms with van der Waals surface area (Å²) >= 11 is 0. The minimum absolute atomic E-state index is 0.164. The number of anilines is 1. The standard InChI is InChI=1S/C15H22N2O5S/c1-23(21,22)17-13-9-6-5-8-12(13)15(20)16-11-7-3-2-4-10-14(18)19/h5-6,8-9,17H,2-4,7,10-11H2,1H3,(H,16,20)(H,18,19). The van der Waals surface area contributed by atoms with Gasteiger partial charge in [0.2, 0.25) is 10.0 Å². The van der Waals surface area contributed by atoms with Gasteiger partial charge in [0, 0.05) is 13.0 Å². The molecular formula is C15H22N2O5S. The van der Waals surface area contributed by atoms with Crippen LogP contribution < -0.4 is 10.0 Å². The van der Waals surface area contributed by atoms with Crippen LogP contribution in [0.1, 0.15) is 42.5 Å². The van der Waals surface area contributed by atoms with Crippen LogP contribution in [0.4, 0.5) is 5.69 Å². The van der Waals surface area contributed by atoms with Gasteiger partial charge in [-0.15, -0.1) is 0 Å². The second-order valence-electron chi connectivity index (χ2n) is 5.23. The molecule has 0 aliphatic carbocycles. The van der Waals surface area contributed by atoms with Gasteiger partial charge in [-0.25, -0.2) is 8.42 Å². The monoisotopic (exact) mass is 342 g/mol. The molecule has 1 amide bonds. The van der Waals surface area contributed by atoms with Crippen molar-refractivity contribution in [3.63, 3.8) is 0 Å². The van der Waals surface area contributed by atoms with Crippen LogP contribution in [0, 0.1) is 0 Å². The van der Waals surface area contributed by atoms with E-state index in [-0.39, 0.29) is 23.6 Å². The number of unbranched alkanes of at least 4 members (excludes halogenated alkanes) is 3. The van der Waals surface area contributed by atoms with E-state index in [0.29, 0.717) is 13.0 Å².